The summed E-state index contributed by atoms with van der Waals surface area (Å²) in [6.07, 6.45) is 0.934. The number of carbonyl (C=O) groups excluding carboxylic acids is 1. The smallest absolute Gasteiger partial charge is 0.242 e. The fraction of sp³-hybridized carbons (Fsp3) is 0.529. The van der Waals surface area contributed by atoms with Crippen molar-refractivity contribution in [3.8, 4) is 0 Å². The first-order valence-corrected chi connectivity index (χ1v) is 10.1. The van der Waals surface area contributed by atoms with E-state index in [1.54, 1.807) is 18.2 Å². The maximum Gasteiger partial charge on any atom is 0.242 e. The maximum atomic E-state index is 12.3. The van der Waals surface area contributed by atoms with Gasteiger partial charge in [-0.15, -0.1) is 0 Å². The van der Waals surface area contributed by atoms with Crippen molar-refractivity contribution in [3.05, 3.63) is 24.0 Å². The number of aromatic nitrogens is 2. The Balaban J connectivity index is 1.79. The molecule has 1 aromatic heterocycles. The quantitative estimate of drug-likeness (QED) is 0.801. The summed E-state index contributed by atoms with van der Waals surface area (Å²) in [7, 11) is 1.40. The molecular formula is C17H25N5O3S. The van der Waals surface area contributed by atoms with Crippen molar-refractivity contribution >= 4 is 27.0 Å². The van der Waals surface area contributed by atoms with Crippen LogP contribution < -0.4 is 5.32 Å². The van der Waals surface area contributed by atoms with Crippen LogP contribution in [0.25, 0.3) is 11.0 Å². The number of aryl methyl sites for hydroxylation is 2. The van der Waals surface area contributed by atoms with Gasteiger partial charge in [0, 0.05) is 60.2 Å². The molecule has 9 heteroatoms. The average Bonchev–Trinajstić information content (AvgIpc) is 2.95. The largest absolute Gasteiger partial charge is 0.340 e. The normalized spacial score (nSPS) is 15.8. The highest BCUT2D eigenvalue weighted by Gasteiger charge is 2.20. The molecule has 1 aliphatic rings. The third kappa shape index (κ3) is 3.60. The molecule has 0 spiro atoms. The fourth-order valence-electron chi connectivity index (χ4n) is 3.12. The van der Waals surface area contributed by atoms with Gasteiger partial charge in [0.2, 0.25) is 15.9 Å². The summed E-state index contributed by atoms with van der Waals surface area (Å²) >= 11 is 0. The number of nitrogens with one attached hydrogen (secondary N) is 1. The van der Waals surface area contributed by atoms with Gasteiger partial charge in [-0.3, -0.25) is 4.79 Å². The molecule has 1 saturated heterocycles. The molecule has 8 nitrogen and oxygen atoms in total. The molecule has 2 heterocycles. The summed E-state index contributed by atoms with van der Waals surface area (Å²) in [4.78, 5) is 19.0. The summed E-state index contributed by atoms with van der Waals surface area (Å²) in [5.41, 5.74) is 1.48. The molecule has 0 saturated carbocycles. The number of benzene rings is 1. The predicted molar refractivity (Wildman–Crippen MR) is 99.4 cm³/mol. The molecule has 1 N–H and O–H groups in total. The van der Waals surface area contributed by atoms with Crippen LogP contribution >= 0.6 is 0 Å². The van der Waals surface area contributed by atoms with E-state index < -0.39 is 10.0 Å². The molecular weight excluding hydrogens is 354 g/mol. The molecule has 1 aromatic carbocycles. The molecule has 0 radical (unpaired) electrons. The van der Waals surface area contributed by atoms with Crippen molar-refractivity contribution in [2.45, 2.75) is 17.7 Å². The molecule has 142 valence electrons. The Morgan fingerprint density at radius 3 is 2.62 bits per heavy atom. The molecule has 0 aliphatic carbocycles. The molecule has 2 aromatic rings. The van der Waals surface area contributed by atoms with E-state index >= 15 is 0 Å². The number of sulfonamides is 1. The van der Waals surface area contributed by atoms with Crippen LogP contribution in [0, 0.1) is 0 Å². The lowest BCUT2D eigenvalue weighted by Crippen LogP contribution is -2.46. The van der Waals surface area contributed by atoms with Gasteiger partial charge in [0.1, 0.15) is 5.82 Å². The first-order chi connectivity index (χ1) is 12.3. The van der Waals surface area contributed by atoms with Crippen LogP contribution in [0.15, 0.2) is 23.1 Å². The number of imidazole rings is 1. The summed E-state index contributed by atoms with van der Waals surface area (Å²) in [6.45, 7) is 3.16. The van der Waals surface area contributed by atoms with Crippen molar-refractivity contribution in [2.24, 2.45) is 7.05 Å². The summed E-state index contributed by atoms with van der Waals surface area (Å²) in [5.74, 6) is 0.914. The highest BCUT2D eigenvalue weighted by atomic mass is 32.2. The predicted octanol–water partition coefficient (Wildman–Crippen LogP) is 0.188. The number of hydrogen-bond acceptors (Lipinski definition) is 5. The van der Waals surface area contributed by atoms with Gasteiger partial charge in [0.15, 0.2) is 0 Å². The van der Waals surface area contributed by atoms with Crippen LogP contribution in [0.1, 0.15) is 12.2 Å². The zero-order valence-electron chi connectivity index (χ0n) is 15.4. The zero-order chi connectivity index (χ0) is 18.9. The number of fused-ring (bicyclic) bond motifs is 1. The standard InChI is InChI=1S/C17H25N5O3S/c1-20(2)26(24,25)13-4-5-15-14(12-13)19-16(21(15)3)6-7-17(23)22-10-8-18-9-11-22/h4-5,12,18H,6-11H2,1-3H3. The first kappa shape index (κ1) is 18.8. The number of amides is 1. The Labute approximate surface area is 153 Å². The molecule has 0 bridgehead atoms. The SMILES string of the molecule is CN(C)S(=O)(=O)c1ccc2c(c1)nc(CCC(=O)N1CCNCC1)n2C. The van der Waals surface area contributed by atoms with Gasteiger partial charge in [-0.1, -0.05) is 0 Å². The maximum absolute atomic E-state index is 12.3. The van der Waals surface area contributed by atoms with E-state index in [2.05, 4.69) is 10.3 Å². The molecule has 1 amide bonds. The second-order valence-electron chi connectivity index (χ2n) is 6.66. The Bertz CT molecular complexity index is 914. The van der Waals surface area contributed by atoms with E-state index in [4.69, 9.17) is 0 Å². The van der Waals surface area contributed by atoms with Gasteiger partial charge >= 0.3 is 0 Å². The monoisotopic (exact) mass is 379 g/mol. The third-order valence-corrected chi connectivity index (χ3v) is 6.57. The van der Waals surface area contributed by atoms with E-state index in [-0.39, 0.29) is 10.8 Å². The first-order valence-electron chi connectivity index (χ1n) is 8.67. The van der Waals surface area contributed by atoms with E-state index in [1.807, 2.05) is 16.5 Å². The molecule has 0 atom stereocenters. The number of nitrogens with zero attached hydrogens (tertiary/aromatic N) is 4. The topological polar surface area (TPSA) is 87.5 Å². The van der Waals surface area contributed by atoms with E-state index in [0.717, 1.165) is 37.5 Å². The number of hydrogen-bond donors (Lipinski definition) is 1. The fourth-order valence-corrected chi connectivity index (χ4v) is 4.04. The second kappa shape index (κ2) is 7.34. The van der Waals surface area contributed by atoms with Crippen LogP contribution in [0.3, 0.4) is 0 Å². The van der Waals surface area contributed by atoms with E-state index in [1.165, 1.54) is 18.4 Å². The minimum atomic E-state index is -3.49. The number of piperazine rings is 1. The Kier molecular flexibility index (Phi) is 5.31. The van der Waals surface area contributed by atoms with Gasteiger partial charge in [0.25, 0.3) is 0 Å². The Hall–Kier alpha value is -1.97. The zero-order valence-corrected chi connectivity index (χ0v) is 16.2. The van der Waals surface area contributed by atoms with Gasteiger partial charge in [-0.25, -0.2) is 17.7 Å². The molecule has 0 unspecified atom stereocenters. The van der Waals surface area contributed by atoms with Crippen LogP contribution in [-0.4, -0.2) is 73.4 Å². The van der Waals surface area contributed by atoms with Gasteiger partial charge < -0.3 is 14.8 Å². The van der Waals surface area contributed by atoms with Gasteiger partial charge in [-0.2, -0.15) is 0 Å². The minimum Gasteiger partial charge on any atom is -0.340 e. The van der Waals surface area contributed by atoms with Crippen molar-refractivity contribution < 1.29 is 13.2 Å². The van der Waals surface area contributed by atoms with Crippen molar-refractivity contribution in [1.29, 1.82) is 0 Å². The highest BCUT2D eigenvalue weighted by molar-refractivity contribution is 7.89. The third-order valence-electron chi connectivity index (χ3n) is 4.76. The summed E-state index contributed by atoms with van der Waals surface area (Å²) < 4.78 is 27.7. The molecule has 1 aliphatic heterocycles. The number of rotatable bonds is 5. The minimum absolute atomic E-state index is 0.134. The van der Waals surface area contributed by atoms with E-state index in [0.29, 0.717) is 18.4 Å². The summed E-state index contributed by atoms with van der Waals surface area (Å²) in [6, 6.07) is 4.95. The Morgan fingerprint density at radius 1 is 1.27 bits per heavy atom. The highest BCUT2D eigenvalue weighted by Crippen LogP contribution is 2.22. The van der Waals surface area contributed by atoms with Crippen LogP contribution in [0.2, 0.25) is 0 Å². The average molecular weight is 379 g/mol. The van der Waals surface area contributed by atoms with Crippen LogP contribution in [-0.2, 0) is 28.3 Å². The molecule has 26 heavy (non-hydrogen) atoms. The van der Waals surface area contributed by atoms with Crippen molar-refractivity contribution in [3.63, 3.8) is 0 Å². The van der Waals surface area contributed by atoms with Crippen LogP contribution in [0.5, 0.6) is 0 Å². The number of carbonyl (C=O) groups is 1. The Morgan fingerprint density at radius 2 is 1.96 bits per heavy atom. The van der Waals surface area contributed by atoms with Crippen molar-refractivity contribution in [1.82, 2.24) is 24.1 Å². The lowest BCUT2D eigenvalue weighted by atomic mass is 10.2. The summed E-state index contributed by atoms with van der Waals surface area (Å²) in [5, 5.41) is 3.23. The lowest BCUT2D eigenvalue weighted by molar-refractivity contribution is -0.131. The molecule has 1 fully saturated rings. The van der Waals surface area contributed by atoms with Crippen LogP contribution in [0.4, 0.5) is 0 Å². The van der Waals surface area contributed by atoms with Crippen molar-refractivity contribution in [2.75, 3.05) is 40.3 Å². The second-order valence-corrected chi connectivity index (χ2v) is 8.81. The molecule has 3 rings (SSSR count). The van der Waals surface area contributed by atoms with E-state index in [9.17, 15) is 13.2 Å². The van der Waals surface area contributed by atoms with Gasteiger partial charge in [-0.05, 0) is 18.2 Å². The lowest BCUT2D eigenvalue weighted by Gasteiger charge is -2.27. The van der Waals surface area contributed by atoms with Gasteiger partial charge in [0.05, 0.1) is 15.9 Å².